The molecular weight excluding hydrogens is 589 g/mol. The number of aryl methyl sites for hydroxylation is 3. The van der Waals surface area contributed by atoms with Gasteiger partial charge in [-0.05, 0) is 109 Å². The van der Waals surface area contributed by atoms with Gasteiger partial charge < -0.3 is 4.74 Å². The van der Waals surface area contributed by atoms with E-state index in [1.165, 1.54) is 44.2 Å². The summed E-state index contributed by atoms with van der Waals surface area (Å²) in [5, 5.41) is 7.18. The molecule has 0 bridgehead atoms. The monoisotopic (exact) mass is 632 g/mol. The van der Waals surface area contributed by atoms with Gasteiger partial charge in [-0.2, -0.15) is 5.10 Å². The van der Waals surface area contributed by atoms with Gasteiger partial charge >= 0.3 is 0 Å². The van der Waals surface area contributed by atoms with Crippen LogP contribution in [0.5, 0.6) is 11.5 Å². The Morgan fingerprint density at radius 1 is 0.771 bits per heavy atom. The van der Waals surface area contributed by atoms with Crippen LogP contribution in [0, 0.1) is 26.7 Å². The summed E-state index contributed by atoms with van der Waals surface area (Å²) >= 11 is 0. The number of pyridine rings is 1. The maximum absolute atomic E-state index is 6.70. The normalized spacial score (nSPS) is 12.0. The second-order valence-electron chi connectivity index (χ2n) is 14.7. The van der Waals surface area contributed by atoms with E-state index in [4.69, 9.17) is 14.8 Å². The number of hydrogen-bond donors (Lipinski definition) is 0. The molecule has 242 valence electrons. The van der Waals surface area contributed by atoms with Crippen molar-refractivity contribution in [1.82, 2.24) is 19.3 Å². The van der Waals surface area contributed by atoms with E-state index in [0.717, 1.165) is 46.0 Å². The molecule has 3 aromatic heterocycles. The Hall–Kier alpha value is -5.16. The quantitative estimate of drug-likeness (QED) is 0.176. The highest BCUT2D eigenvalue weighted by Gasteiger charge is 2.19. The van der Waals surface area contributed by atoms with E-state index in [9.17, 15) is 0 Å². The van der Waals surface area contributed by atoms with Gasteiger partial charge in [0.2, 0.25) is 0 Å². The molecule has 0 aliphatic rings. The van der Waals surface area contributed by atoms with Crippen molar-refractivity contribution in [2.45, 2.75) is 67.2 Å². The van der Waals surface area contributed by atoms with Crippen LogP contribution < -0.4 is 4.74 Å². The number of rotatable bonds is 7. The molecule has 0 amide bonds. The van der Waals surface area contributed by atoms with Crippen molar-refractivity contribution >= 4 is 21.8 Å². The van der Waals surface area contributed by atoms with Gasteiger partial charge in [-0.3, -0.25) is 4.57 Å². The zero-order valence-electron chi connectivity index (χ0n) is 29.3. The van der Waals surface area contributed by atoms with Gasteiger partial charge in [0.15, 0.2) is 0 Å². The van der Waals surface area contributed by atoms with Gasteiger partial charge in [0.1, 0.15) is 17.3 Å². The van der Waals surface area contributed by atoms with Crippen LogP contribution >= 0.6 is 0 Å². The van der Waals surface area contributed by atoms with E-state index in [-0.39, 0.29) is 5.41 Å². The summed E-state index contributed by atoms with van der Waals surface area (Å²) in [6.07, 6.45) is 6.96. The standard InChI is InChI=1S/C43H44N4O/c1-27(2)17-31-20-34(46-26-32(25-45-46)42-29(4)18-28(3)19-30(42)5)23-36(21-31)48-35-13-14-38-37-11-9-10-12-39(37)47(40(38)24-35)41-22-33(15-16-44-41)43(6,7)8/h9-16,18-27H,17H2,1-8H3. The van der Waals surface area contributed by atoms with E-state index in [2.05, 4.69) is 151 Å². The average Bonchev–Trinajstić information content (AvgIpc) is 3.63. The summed E-state index contributed by atoms with van der Waals surface area (Å²) in [5.41, 5.74) is 11.8. The van der Waals surface area contributed by atoms with Gasteiger partial charge in [0, 0.05) is 40.9 Å². The van der Waals surface area contributed by atoms with Crippen molar-refractivity contribution in [2.75, 3.05) is 0 Å². The van der Waals surface area contributed by atoms with Gasteiger partial charge in [-0.25, -0.2) is 9.67 Å². The van der Waals surface area contributed by atoms with Crippen LogP contribution in [0.15, 0.2) is 104 Å². The first-order valence-corrected chi connectivity index (χ1v) is 16.9. The van der Waals surface area contributed by atoms with Crippen LogP contribution in [0.2, 0.25) is 0 Å². The summed E-state index contributed by atoms with van der Waals surface area (Å²) < 4.78 is 10.9. The van der Waals surface area contributed by atoms with E-state index >= 15 is 0 Å². The maximum atomic E-state index is 6.70. The first-order valence-electron chi connectivity index (χ1n) is 16.9. The minimum Gasteiger partial charge on any atom is -0.457 e. The number of aromatic nitrogens is 4. The molecule has 0 aliphatic heterocycles. The Morgan fingerprint density at radius 2 is 1.52 bits per heavy atom. The molecule has 0 unspecified atom stereocenters. The molecule has 0 aliphatic carbocycles. The molecule has 0 saturated heterocycles. The lowest BCUT2D eigenvalue weighted by atomic mass is 9.88. The Kier molecular flexibility index (Phi) is 7.95. The lowest BCUT2D eigenvalue weighted by molar-refractivity contribution is 0.481. The zero-order valence-corrected chi connectivity index (χ0v) is 29.3. The number of hydrogen-bond acceptors (Lipinski definition) is 3. The smallest absolute Gasteiger partial charge is 0.137 e. The molecule has 7 rings (SSSR count). The highest BCUT2D eigenvalue weighted by molar-refractivity contribution is 6.09. The molecule has 3 heterocycles. The van der Waals surface area contributed by atoms with Gasteiger partial charge in [-0.15, -0.1) is 0 Å². The van der Waals surface area contributed by atoms with Crippen LogP contribution in [0.25, 0.3) is 44.4 Å². The molecule has 7 aromatic rings. The van der Waals surface area contributed by atoms with Crippen LogP contribution in [0.1, 0.15) is 62.4 Å². The number of fused-ring (bicyclic) bond motifs is 3. The minimum atomic E-state index is 0.0105. The molecule has 48 heavy (non-hydrogen) atoms. The van der Waals surface area contributed by atoms with E-state index in [1.54, 1.807) is 0 Å². The maximum Gasteiger partial charge on any atom is 0.137 e. The number of benzene rings is 4. The van der Waals surface area contributed by atoms with E-state index in [1.807, 2.05) is 17.1 Å². The molecule has 5 heteroatoms. The Bertz CT molecular complexity index is 2270. The fraction of sp³-hybridized carbons (Fsp3) is 0.256. The third-order valence-electron chi connectivity index (χ3n) is 9.13. The van der Waals surface area contributed by atoms with Crippen LogP contribution in [0.3, 0.4) is 0 Å². The van der Waals surface area contributed by atoms with Crippen molar-refractivity contribution in [3.05, 3.63) is 131 Å². The van der Waals surface area contributed by atoms with Crippen molar-refractivity contribution in [3.63, 3.8) is 0 Å². The third-order valence-corrected chi connectivity index (χ3v) is 9.13. The lowest BCUT2D eigenvalue weighted by Gasteiger charge is -2.20. The molecule has 0 spiro atoms. The average molecular weight is 633 g/mol. The molecule has 0 saturated carbocycles. The van der Waals surface area contributed by atoms with E-state index in [0.29, 0.717) is 5.92 Å². The predicted molar refractivity (Wildman–Crippen MR) is 199 cm³/mol. The highest BCUT2D eigenvalue weighted by atomic mass is 16.5. The van der Waals surface area contributed by atoms with Gasteiger partial charge in [0.05, 0.1) is 22.9 Å². The van der Waals surface area contributed by atoms with Gasteiger partial charge in [-0.1, -0.05) is 70.5 Å². The zero-order chi connectivity index (χ0) is 33.7. The van der Waals surface area contributed by atoms with Gasteiger partial charge in [0.25, 0.3) is 0 Å². The molecule has 0 N–H and O–H groups in total. The molecule has 0 radical (unpaired) electrons. The summed E-state index contributed by atoms with van der Waals surface area (Å²) in [6.45, 7) is 17.7. The summed E-state index contributed by atoms with van der Waals surface area (Å²) in [5.74, 6) is 2.97. The lowest BCUT2D eigenvalue weighted by Crippen LogP contribution is -2.12. The molecule has 5 nitrogen and oxygen atoms in total. The summed E-state index contributed by atoms with van der Waals surface area (Å²) in [4.78, 5) is 4.84. The molecule has 0 atom stereocenters. The van der Waals surface area contributed by atoms with Crippen LogP contribution in [-0.2, 0) is 11.8 Å². The Balaban J connectivity index is 1.31. The Morgan fingerprint density at radius 3 is 2.27 bits per heavy atom. The molecular formula is C43H44N4O. The second-order valence-corrected chi connectivity index (χ2v) is 14.7. The molecule has 4 aromatic carbocycles. The van der Waals surface area contributed by atoms with Crippen LogP contribution in [-0.4, -0.2) is 19.3 Å². The predicted octanol–water partition coefficient (Wildman–Crippen LogP) is 11.2. The summed E-state index contributed by atoms with van der Waals surface area (Å²) in [6, 6.07) is 30.2. The fourth-order valence-electron chi connectivity index (χ4n) is 7.06. The topological polar surface area (TPSA) is 44.9 Å². The third kappa shape index (κ3) is 6.01. The SMILES string of the molecule is Cc1cc(C)c(-c2cnn(-c3cc(CC(C)C)cc(Oc4ccc5c6ccccc6n(-c6cc(C(C)(C)C)ccn6)c5c4)c3)c2)c(C)c1. The van der Waals surface area contributed by atoms with E-state index < -0.39 is 0 Å². The Labute approximate surface area is 283 Å². The molecule has 0 fully saturated rings. The first kappa shape index (κ1) is 31.4. The minimum absolute atomic E-state index is 0.0105. The largest absolute Gasteiger partial charge is 0.457 e. The van der Waals surface area contributed by atoms with Crippen molar-refractivity contribution in [2.24, 2.45) is 5.92 Å². The second kappa shape index (κ2) is 12.1. The van der Waals surface area contributed by atoms with Crippen molar-refractivity contribution < 1.29 is 4.74 Å². The summed E-state index contributed by atoms with van der Waals surface area (Å²) in [7, 11) is 0. The highest BCUT2D eigenvalue weighted by Crippen LogP contribution is 2.37. The van der Waals surface area contributed by atoms with Crippen molar-refractivity contribution in [3.8, 4) is 34.1 Å². The number of ether oxygens (including phenoxy) is 1. The van der Waals surface area contributed by atoms with Crippen molar-refractivity contribution in [1.29, 1.82) is 0 Å². The first-order chi connectivity index (χ1) is 22.9. The fourth-order valence-corrected chi connectivity index (χ4v) is 7.06. The number of nitrogens with zero attached hydrogens (tertiary/aromatic N) is 4. The number of para-hydroxylation sites is 1. The van der Waals surface area contributed by atoms with Crippen LogP contribution in [0.4, 0.5) is 0 Å².